The van der Waals surface area contributed by atoms with Crippen LogP contribution in [0.2, 0.25) is 0 Å². The lowest BCUT2D eigenvalue weighted by Gasteiger charge is -2.20. The van der Waals surface area contributed by atoms with Crippen LogP contribution in [0.3, 0.4) is 0 Å². The Labute approximate surface area is 203 Å². The molecule has 0 saturated heterocycles. The van der Waals surface area contributed by atoms with Crippen molar-refractivity contribution in [1.29, 1.82) is 0 Å². The van der Waals surface area contributed by atoms with Gasteiger partial charge in [0.25, 0.3) is 0 Å². The average Bonchev–Trinajstić information content (AvgIpc) is 3.35. The number of aromatic nitrogens is 5. The van der Waals surface area contributed by atoms with Gasteiger partial charge in [0.05, 0.1) is 17.9 Å². The van der Waals surface area contributed by atoms with Gasteiger partial charge in [0.1, 0.15) is 5.69 Å². The number of benzene rings is 2. The fourth-order valence-corrected chi connectivity index (χ4v) is 4.41. The van der Waals surface area contributed by atoms with Crippen LogP contribution in [0.25, 0.3) is 22.5 Å². The number of amides is 1. The second kappa shape index (κ2) is 10.3. The number of primary amides is 1. The summed E-state index contributed by atoms with van der Waals surface area (Å²) in [5.74, 6) is -0.118. The average molecular weight is 472 g/mol. The van der Waals surface area contributed by atoms with E-state index >= 15 is 0 Å². The summed E-state index contributed by atoms with van der Waals surface area (Å²) < 4.78 is 1.96. The molecule has 5 rings (SSSR count). The van der Waals surface area contributed by atoms with Crippen LogP contribution in [-0.2, 0) is 0 Å². The molecule has 2 aromatic carbocycles. The van der Waals surface area contributed by atoms with Crippen LogP contribution >= 0.6 is 0 Å². The first-order chi connectivity index (χ1) is 16.6. The minimum Gasteiger partial charge on any atom is -0.398 e. The predicted octanol–water partition coefficient (Wildman–Crippen LogP) is 4.49. The first-order valence-electron chi connectivity index (χ1n) is 11.4. The Kier molecular flexibility index (Phi) is 7.02. The Hall–Kier alpha value is -4.31. The minimum atomic E-state index is -0.524. The molecular formula is C25H29N9O. The third-order valence-corrected chi connectivity index (χ3v) is 6.17. The van der Waals surface area contributed by atoms with Crippen LogP contribution in [-0.4, -0.2) is 30.9 Å². The van der Waals surface area contributed by atoms with Crippen LogP contribution in [0.5, 0.6) is 0 Å². The molecule has 10 heteroatoms. The number of carbonyl (C=O) groups is 1. The molecule has 0 radical (unpaired) electrons. The standard InChI is InChI=1S/C25H26N8O.H3N/c26-21-9-5-4-8-18(21)20-14-16(10-11-19(20)24(27)34)29-25-28-13-12-22(30-25)23-15-33(32-31-23)17-6-2-1-3-7-17;/h4-5,8-15,17H,1-3,6-7,26H2,(H2,27,34)(H,28,29,30);1H3. The molecule has 35 heavy (non-hydrogen) atoms. The summed E-state index contributed by atoms with van der Waals surface area (Å²) in [6, 6.07) is 14.8. The fraction of sp³-hybridized carbons (Fsp3) is 0.240. The molecule has 180 valence electrons. The third kappa shape index (κ3) is 5.12. The molecule has 1 amide bonds. The molecule has 0 unspecified atom stereocenters. The van der Waals surface area contributed by atoms with Gasteiger partial charge < -0.3 is 22.9 Å². The van der Waals surface area contributed by atoms with E-state index in [1.807, 2.05) is 41.2 Å². The van der Waals surface area contributed by atoms with Crippen LogP contribution in [0.1, 0.15) is 48.5 Å². The van der Waals surface area contributed by atoms with Crippen LogP contribution in [0, 0.1) is 0 Å². The molecule has 0 bridgehead atoms. The molecule has 0 atom stereocenters. The Balaban J connectivity index is 0.00000289. The predicted molar refractivity (Wildman–Crippen MR) is 136 cm³/mol. The van der Waals surface area contributed by atoms with E-state index in [1.54, 1.807) is 24.4 Å². The highest BCUT2D eigenvalue weighted by Crippen LogP contribution is 2.32. The van der Waals surface area contributed by atoms with Gasteiger partial charge in [-0.3, -0.25) is 4.79 Å². The molecule has 0 aliphatic heterocycles. The minimum absolute atomic E-state index is 0. The van der Waals surface area contributed by atoms with E-state index in [2.05, 4.69) is 25.6 Å². The number of nitrogen functional groups attached to an aromatic ring is 1. The van der Waals surface area contributed by atoms with Crippen molar-refractivity contribution in [2.45, 2.75) is 38.1 Å². The molecule has 4 aromatic rings. The topological polar surface area (TPSA) is 173 Å². The maximum atomic E-state index is 12.0. The van der Waals surface area contributed by atoms with Crippen molar-refractivity contribution in [3.8, 4) is 22.5 Å². The highest BCUT2D eigenvalue weighted by Gasteiger charge is 2.18. The second-order valence-electron chi connectivity index (χ2n) is 8.48. The van der Waals surface area contributed by atoms with E-state index in [0.717, 1.165) is 18.4 Å². The number of nitrogens with zero attached hydrogens (tertiary/aromatic N) is 5. The molecule has 1 aliphatic carbocycles. The van der Waals surface area contributed by atoms with Gasteiger partial charge in [-0.2, -0.15) is 0 Å². The van der Waals surface area contributed by atoms with Gasteiger partial charge in [-0.15, -0.1) is 5.10 Å². The molecule has 8 N–H and O–H groups in total. The van der Waals surface area contributed by atoms with Crippen molar-refractivity contribution >= 4 is 23.2 Å². The monoisotopic (exact) mass is 471 g/mol. The summed E-state index contributed by atoms with van der Waals surface area (Å²) >= 11 is 0. The summed E-state index contributed by atoms with van der Waals surface area (Å²) in [5.41, 5.74) is 16.2. The number of carbonyl (C=O) groups excluding carboxylic acids is 1. The van der Waals surface area contributed by atoms with E-state index in [4.69, 9.17) is 11.5 Å². The van der Waals surface area contributed by atoms with Crippen molar-refractivity contribution in [2.75, 3.05) is 11.1 Å². The largest absolute Gasteiger partial charge is 0.398 e. The number of nitrogens with one attached hydrogen (secondary N) is 1. The highest BCUT2D eigenvalue weighted by molar-refractivity contribution is 6.02. The molecule has 10 nitrogen and oxygen atoms in total. The Morgan fingerprint density at radius 2 is 1.80 bits per heavy atom. The van der Waals surface area contributed by atoms with Crippen molar-refractivity contribution in [3.63, 3.8) is 0 Å². The molecule has 1 fully saturated rings. The van der Waals surface area contributed by atoms with Crippen LogP contribution < -0.4 is 22.9 Å². The van der Waals surface area contributed by atoms with E-state index < -0.39 is 5.91 Å². The van der Waals surface area contributed by atoms with E-state index in [0.29, 0.717) is 45.9 Å². The van der Waals surface area contributed by atoms with Crippen molar-refractivity contribution in [1.82, 2.24) is 31.1 Å². The normalized spacial score (nSPS) is 13.7. The molecule has 1 aliphatic rings. The summed E-state index contributed by atoms with van der Waals surface area (Å²) in [7, 11) is 0. The summed E-state index contributed by atoms with van der Waals surface area (Å²) in [5, 5.41) is 11.9. The fourth-order valence-electron chi connectivity index (χ4n) is 4.41. The lowest BCUT2D eigenvalue weighted by Crippen LogP contribution is -2.13. The smallest absolute Gasteiger partial charge is 0.249 e. The van der Waals surface area contributed by atoms with Crippen molar-refractivity contribution in [3.05, 3.63) is 66.5 Å². The van der Waals surface area contributed by atoms with Crippen molar-refractivity contribution in [2.24, 2.45) is 5.73 Å². The zero-order valence-electron chi connectivity index (χ0n) is 19.4. The number of para-hydroxylation sites is 1. The molecular weight excluding hydrogens is 442 g/mol. The zero-order chi connectivity index (χ0) is 23.5. The van der Waals surface area contributed by atoms with Crippen molar-refractivity contribution < 1.29 is 4.79 Å². The number of anilines is 3. The Morgan fingerprint density at radius 1 is 1.00 bits per heavy atom. The van der Waals surface area contributed by atoms with Gasteiger partial charge in [0, 0.05) is 28.7 Å². The van der Waals surface area contributed by atoms with Gasteiger partial charge in [-0.05, 0) is 48.7 Å². The lowest BCUT2D eigenvalue weighted by atomic mass is 9.96. The summed E-state index contributed by atoms with van der Waals surface area (Å²) in [4.78, 5) is 21.0. The highest BCUT2D eigenvalue weighted by atomic mass is 16.1. The van der Waals surface area contributed by atoms with Gasteiger partial charge >= 0.3 is 0 Å². The van der Waals surface area contributed by atoms with Gasteiger partial charge in [0.2, 0.25) is 11.9 Å². The van der Waals surface area contributed by atoms with E-state index in [9.17, 15) is 4.79 Å². The van der Waals surface area contributed by atoms with Gasteiger partial charge in [-0.25, -0.2) is 14.6 Å². The third-order valence-electron chi connectivity index (χ3n) is 6.17. The molecule has 0 spiro atoms. The number of nitrogens with two attached hydrogens (primary N) is 2. The lowest BCUT2D eigenvalue weighted by molar-refractivity contribution is 0.100. The summed E-state index contributed by atoms with van der Waals surface area (Å²) in [6.45, 7) is 0. The summed E-state index contributed by atoms with van der Waals surface area (Å²) in [6.07, 6.45) is 9.65. The Morgan fingerprint density at radius 3 is 2.57 bits per heavy atom. The number of hydrogen-bond acceptors (Lipinski definition) is 8. The molecule has 2 heterocycles. The number of hydrogen-bond donors (Lipinski definition) is 4. The maximum absolute atomic E-state index is 12.0. The second-order valence-corrected chi connectivity index (χ2v) is 8.48. The SMILES string of the molecule is N.NC(=O)c1ccc(Nc2nccc(-c3cn(C4CCCCC4)nn3)n2)cc1-c1ccccc1N. The Bertz CT molecular complexity index is 1330. The first kappa shape index (κ1) is 23.8. The first-order valence-corrected chi connectivity index (χ1v) is 11.4. The van der Waals surface area contributed by atoms with Crippen LogP contribution in [0.15, 0.2) is 60.9 Å². The van der Waals surface area contributed by atoms with Gasteiger partial charge in [0.15, 0.2) is 0 Å². The van der Waals surface area contributed by atoms with E-state index in [1.165, 1.54) is 19.3 Å². The quantitative estimate of drug-likeness (QED) is 0.297. The maximum Gasteiger partial charge on any atom is 0.249 e. The van der Waals surface area contributed by atoms with Gasteiger partial charge in [-0.1, -0.05) is 42.7 Å². The van der Waals surface area contributed by atoms with E-state index in [-0.39, 0.29) is 6.15 Å². The molecule has 1 saturated carbocycles. The van der Waals surface area contributed by atoms with Crippen LogP contribution in [0.4, 0.5) is 17.3 Å². The molecule has 2 aromatic heterocycles. The zero-order valence-corrected chi connectivity index (χ0v) is 19.4. The number of rotatable bonds is 6.